The maximum atomic E-state index is 5.64. The van der Waals surface area contributed by atoms with Gasteiger partial charge in [0.2, 0.25) is 0 Å². The van der Waals surface area contributed by atoms with Crippen LogP contribution >= 0.6 is 0 Å². The molecule has 1 aliphatic heterocycles. The van der Waals surface area contributed by atoms with E-state index >= 15 is 0 Å². The molecule has 1 aliphatic rings. The second-order valence-corrected chi connectivity index (χ2v) is 5.08. The monoisotopic (exact) mass is 196 g/mol. The molecule has 0 aromatic rings. The molecule has 0 aliphatic carbocycles. The lowest BCUT2D eigenvalue weighted by Gasteiger charge is -2.44. The number of piperidine rings is 1. The molecule has 0 aromatic carbocycles. The van der Waals surface area contributed by atoms with Crippen LogP contribution in [0.5, 0.6) is 0 Å². The van der Waals surface area contributed by atoms with Crippen LogP contribution in [0.4, 0.5) is 0 Å². The Morgan fingerprint density at radius 1 is 1.57 bits per heavy atom. The maximum absolute atomic E-state index is 5.64. The van der Waals surface area contributed by atoms with E-state index in [2.05, 4.69) is 25.3 Å². The van der Waals surface area contributed by atoms with Crippen LogP contribution in [0.3, 0.4) is 0 Å². The normalized spacial score (nSPS) is 27.5. The van der Waals surface area contributed by atoms with Gasteiger partial charge < -0.3 is 5.73 Å². The molecule has 1 fully saturated rings. The van der Waals surface area contributed by atoms with E-state index in [1.807, 2.05) is 6.08 Å². The van der Waals surface area contributed by atoms with Crippen molar-refractivity contribution in [1.82, 2.24) is 4.90 Å². The van der Waals surface area contributed by atoms with Crippen molar-refractivity contribution in [3.05, 3.63) is 12.7 Å². The first-order valence-electron chi connectivity index (χ1n) is 5.63. The number of nitrogens with two attached hydrogens (primary N) is 1. The van der Waals surface area contributed by atoms with Gasteiger partial charge in [-0.15, -0.1) is 6.58 Å². The van der Waals surface area contributed by atoms with Gasteiger partial charge in [-0.2, -0.15) is 0 Å². The predicted octanol–water partition coefficient (Wildman–Crippen LogP) is 1.87. The molecule has 82 valence electrons. The highest BCUT2D eigenvalue weighted by Gasteiger charge is 2.34. The molecule has 2 heteroatoms. The van der Waals surface area contributed by atoms with Crippen LogP contribution in [0.2, 0.25) is 0 Å². The van der Waals surface area contributed by atoms with Crippen molar-refractivity contribution in [3.63, 3.8) is 0 Å². The van der Waals surface area contributed by atoms with Gasteiger partial charge in [-0.25, -0.2) is 0 Å². The van der Waals surface area contributed by atoms with Crippen molar-refractivity contribution in [2.75, 3.05) is 26.2 Å². The van der Waals surface area contributed by atoms with Crippen molar-refractivity contribution >= 4 is 0 Å². The summed E-state index contributed by atoms with van der Waals surface area (Å²) in [4.78, 5) is 2.49. The van der Waals surface area contributed by atoms with Crippen molar-refractivity contribution < 1.29 is 0 Å². The molecule has 0 aromatic heterocycles. The van der Waals surface area contributed by atoms with Crippen LogP contribution < -0.4 is 5.73 Å². The van der Waals surface area contributed by atoms with E-state index < -0.39 is 0 Å². The molecule has 0 spiro atoms. The molecule has 1 heterocycles. The summed E-state index contributed by atoms with van der Waals surface area (Å²) in [5, 5.41) is 0. The first-order valence-corrected chi connectivity index (χ1v) is 5.63. The summed E-state index contributed by atoms with van der Waals surface area (Å²) in [5.41, 5.74) is 6.06. The average molecular weight is 196 g/mol. The number of likely N-dealkylation sites (tertiary alicyclic amines) is 1. The van der Waals surface area contributed by atoms with Gasteiger partial charge in [-0.05, 0) is 37.3 Å². The Bertz CT molecular complexity index is 187. The number of rotatable bonds is 4. The lowest BCUT2D eigenvalue weighted by Crippen LogP contribution is -2.46. The summed E-state index contributed by atoms with van der Waals surface area (Å²) in [6, 6.07) is 0. The molecular formula is C12H24N2. The van der Waals surface area contributed by atoms with E-state index in [1.54, 1.807) is 0 Å². The van der Waals surface area contributed by atoms with Crippen molar-refractivity contribution in [2.24, 2.45) is 17.1 Å². The third-order valence-electron chi connectivity index (χ3n) is 3.43. The van der Waals surface area contributed by atoms with E-state index in [0.717, 1.165) is 19.0 Å². The predicted molar refractivity (Wildman–Crippen MR) is 62.2 cm³/mol. The average Bonchev–Trinajstić information content (AvgIpc) is 2.10. The Morgan fingerprint density at radius 2 is 2.29 bits per heavy atom. The Kier molecular flexibility index (Phi) is 4.14. The number of hydrogen-bond acceptors (Lipinski definition) is 2. The van der Waals surface area contributed by atoms with Crippen molar-refractivity contribution in [2.45, 2.75) is 26.7 Å². The highest BCUT2D eigenvalue weighted by atomic mass is 15.1. The van der Waals surface area contributed by atoms with Gasteiger partial charge in [-0.1, -0.05) is 19.9 Å². The summed E-state index contributed by atoms with van der Waals surface area (Å²) in [6.07, 6.45) is 4.46. The Labute approximate surface area is 88.2 Å². The van der Waals surface area contributed by atoms with Crippen LogP contribution in [0.1, 0.15) is 26.7 Å². The lowest BCUT2D eigenvalue weighted by atomic mass is 9.72. The minimum atomic E-state index is 0.417. The van der Waals surface area contributed by atoms with E-state index in [0.29, 0.717) is 5.41 Å². The van der Waals surface area contributed by atoms with Gasteiger partial charge in [0.05, 0.1) is 0 Å². The molecule has 1 atom stereocenters. The molecule has 0 radical (unpaired) electrons. The largest absolute Gasteiger partial charge is 0.330 e. The Hall–Kier alpha value is -0.340. The highest BCUT2D eigenvalue weighted by molar-refractivity contribution is 4.89. The third kappa shape index (κ3) is 2.82. The molecule has 1 saturated heterocycles. The summed E-state index contributed by atoms with van der Waals surface area (Å²) < 4.78 is 0. The fourth-order valence-corrected chi connectivity index (χ4v) is 2.59. The van der Waals surface area contributed by atoms with E-state index in [4.69, 9.17) is 5.73 Å². The Balaban J connectivity index is 2.51. The summed E-state index contributed by atoms with van der Waals surface area (Å²) in [7, 11) is 0. The molecule has 0 saturated carbocycles. The van der Waals surface area contributed by atoms with Gasteiger partial charge >= 0.3 is 0 Å². The topological polar surface area (TPSA) is 29.3 Å². The van der Waals surface area contributed by atoms with Gasteiger partial charge in [0.1, 0.15) is 0 Å². The first-order chi connectivity index (χ1) is 6.60. The molecule has 2 N–H and O–H groups in total. The quantitative estimate of drug-likeness (QED) is 0.696. The zero-order chi connectivity index (χ0) is 10.6. The lowest BCUT2D eigenvalue weighted by molar-refractivity contribution is 0.0590. The van der Waals surface area contributed by atoms with E-state index in [-0.39, 0.29) is 0 Å². The molecule has 0 bridgehead atoms. The smallest absolute Gasteiger partial charge is 0.0160 e. The summed E-state index contributed by atoms with van der Waals surface area (Å²) in [5.74, 6) is 0.800. The first kappa shape index (κ1) is 11.7. The SMILES string of the molecule is C=CCN1CCC(CCN)C(C)(C)C1. The fraction of sp³-hybridized carbons (Fsp3) is 0.833. The van der Waals surface area contributed by atoms with Gasteiger partial charge in [0.25, 0.3) is 0 Å². The standard InChI is InChI=1S/C12H24N2/c1-4-8-14-9-6-11(5-7-13)12(2,3)10-14/h4,11H,1,5-10,13H2,2-3H3. The molecule has 0 amide bonds. The molecule has 1 rings (SSSR count). The van der Waals surface area contributed by atoms with Crippen LogP contribution in [0, 0.1) is 11.3 Å². The van der Waals surface area contributed by atoms with E-state index in [9.17, 15) is 0 Å². The summed E-state index contributed by atoms with van der Waals surface area (Å²) >= 11 is 0. The van der Waals surface area contributed by atoms with Crippen molar-refractivity contribution in [1.29, 1.82) is 0 Å². The van der Waals surface area contributed by atoms with E-state index in [1.165, 1.54) is 25.9 Å². The number of hydrogen-bond donors (Lipinski definition) is 1. The zero-order valence-corrected chi connectivity index (χ0v) is 9.63. The Morgan fingerprint density at radius 3 is 2.79 bits per heavy atom. The van der Waals surface area contributed by atoms with Crippen LogP contribution in [-0.2, 0) is 0 Å². The van der Waals surface area contributed by atoms with Crippen LogP contribution in [-0.4, -0.2) is 31.1 Å². The minimum absolute atomic E-state index is 0.417. The van der Waals surface area contributed by atoms with Gasteiger partial charge in [0.15, 0.2) is 0 Å². The van der Waals surface area contributed by atoms with Gasteiger partial charge in [-0.3, -0.25) is 4.90 Å². The second-order valence-electron chi connectivity index (χ2n) is 5.08. The molecule has 1 unspecified atom stereocenters. The minimum Gasteiger partial charge on any atom is -0.330 e. The number of nitrogens with zero attached hydrogens (tertiary/aromatic N) is 1. The third-order valence-corrected chi connectivity index (χ3v) is 3.43. The highest BCUT2D eigenvalue weighted by Crippen LogP contribution is 2.36. The fourth-order valence-electron chi connectivity index (χ4n) is 2.59. The second kappa shape index (κ2) is 4.94. The zero-order valence-electron chi connectivity index (χ0n) is 9.63. The molecule has 2 nitrogen and oxygen atoms in total. The van der Waals surface area contributed by atoms with Crippen LogP contribution in [0.25, 0.3) is 0 Å². The molecular weight excluding hydrogens is 172 g/mol. The van der Waals surface area contributed by atoms with Gasteiger partial charge in [0, 0.05) is 13.1 Å². The maximum Gasteiger partial charge on any atom is 0.0160 e. The molecule has 14 heavy (non-hydrogen) atoms. The summed E-state index contributed by atoms with van der Waals surface area (Å²) in [6.45, 7) is 12.8. The van der Waals surface area contributed by atoms with Crippen molar-refractivity contribution in [3.8, 4) is 0 Å². The van der Waals surface area contributed by atoms with Crippen LogP contribution in [0.15, 0.2) is 12.7 Å².